The molecule has 1 aliphatic rings. The first-order valence-electron chi connectivity index (χ1n) is 8.65. The number of ether oxygens (including phenoxy) is 1. The number of methoxy groups -OCH3 is 1. The third kappa shape index (κ3) is 5.51. The van der Waals surface area contributed by atoms with Gasteiger partial charge in [-0.1, -0.05) is 36.4 Å². The molecular weight excluding hydrogens is 385 g/mol. The van der Waals surface area contributed by atoms with Crippen molar-refractivity contribution in [2.24, 2.45) is 5.73 Å². The van der Waals surface area contributed by atoms with Crippen LogP contribution in [0.15, 0.2) is 54.6 Å². The van der Waals surface area contributed by atoms with Crippen LogP contribution in [0.3, 0.4) is 0 Å². The van der Waals surface area contributed by atoms with Gasteiger partial charge in [-0.3, -0.25) is 4.79 Å². The van der Waals surface area contributed by atoms with Gasteiger partial charge in [0, 0.05) is 44.5 Å². The summed E-state index contributed by atoms with van der Waals surface area (Å²) in [5, 5.41) is 0. The number of carbonyl (C=O) groups excluding carboxylic acids is 1. The van der Waals surface area contributed by atoms with Crippen LogP contribution in [0.1, 0.15) is 11.5 Å². The van der Waals surface area contributed by atoms with Crippen LogP contribution in [0, 0.1) is 0 Å². The number of benzene rings is 2. The van der Waals surface area contributed by atoms with Gasteiger partial charge < -0.3 is 20.3 Å². The fraction of sp³-hybridized carbons (Fsp3) is 0.350. The monoisotopic (exact) mass is 411 g/mol. The predicted molar refractivity (Wildman–Crippen MR) is 115 cm³/mol. The molecule has 1 atom stereocenters. The topological polar surface area (TPSA) is 58.8 Å². The maximum absolute atomic E-state index is 12.9. The van der Waals surface area contributed by atoms with Crippen LogP contribution >= 0.6 is 24.8 Å². The molecule has 2 N–H and O–H groups in total. The molecular formula is C20H27Cl2N3O2. The molecule has 2 aromatic rings. The fourth-order valence-electron chi connectivity index (χ4n) is 3.28. The summed E-state index contributed by atoms with van der Waals surface area (Å²) in [6.07, 6.45) is 0. The number of nitrogens with two attached hydrogens (primary N) is 1. The molecule has 2 aromatic carbocycles. The smallest absolute Gasteiger partial charge is 0.231 e. The second-order valence-electron chi connectivity index (χ2n) is 6.21. The highest BCUT2D eigenvalue weighted by molar-refractivity contribution is 5.85. The van der Waals surface area contributed by atoms with Crippen LogP contribution in [0.25, 0.3) is 0 Å². The second kappa shape index (κ2) is 11.0. The first kappa shape index (κ1) is 23.1. The van der Waals surface area contributed by atoms with E-state index in [2.05, 4.69) is 11.0 Å². The lowest BCUT2D eigenvalue weighted by atomic mass is 9.97. The van der Waals surface area contributed by atoms with E-state index in [-0.39, 0.29) is 36.6 Å². The zero-order valence-electron chi connectivity index (χ0n) is 15.4. The Morgan fingerprint density at radius 3 is 2.30 bits per heavy atom. The molecule has 1 amide bonds. The van der Waals surface area contributed by atoms with Crippen LogP contribution in [0.2, 0.25) is 0 Å². The summed E-state index contributed by atoms with van der Waals surface area (Å²) >= 11 is 0. The van der Waals surface area contributed by atoms with Gasteiger partial charge in [0.2, 0.25) is 5.91 Å². The van der Waals surface area contributed by atoms with Gasteiger partial charge in [0.15, 0.2) is 0 Å². The van der Waals surface area contributed by atoms with Crippen molar-refractivity contribution in [3.63, 3.8) is 0 Å². The summed E-state index contributed by atoms with van der Waals surface area (Å²) in [5.41, 5.74) is 8.01. The minimum atomic E-state index is -0.260. The molecule has 1 aliphatic heterocycles. The van der Waals surface area contributed by atoms with Crippen LogP contribution < -0.4 is 15.4 Å². The second-order valence-corrected chi connectivity index (χ2v) is 6.21. The molecule has 0 bridgehead atoms. The highest BCUT2D eigenvalue weighted by atomic mass is 35.5. The van der Waals surface area contributed by atoms with Gasteiger partial charge in [-0.25, -0.2) is 0 Å². The molecule has 7 heteroatoms. The molecule has 0 aliphatic carbocycles. The minimum absolute atomic E-state index is 0. The quantitative estimate of drug-likeness (QED) is 0.821. The van der Waals surface area contributed by atoms with Crippen molar-refractivity contribution in [3.05, 3.63) is 60.2 Å². The largest absolute Gasteiger partial charge is 0.497 e. The highest BCUT2D eigenvalue weighted by Crippen LogP contribution is 2.23. The average molecular weight is 412 g/mol. The Morgan fingerprint density at radius 1 is 1.04 bits per heavy atom. The van der Waals surface area contributed by atoms with Crippen molar-refractivity contribution in [1.82, 2.24) is 4.90 Å². The normalized spacial score (nSPS) is 14.6. The molecule has 1 saturated heterocycles. The molecule has 5 nitrogen and oxygen atoms in total. The lowest BCUT2D eigenvalue weighted by Gasteiger charge is -2.37. The van der Waals surface area contributed by atoms with Gasteiger partial charge in [-0.15, -0.1) is 24.8 Å². The first-order valence-corrected chi connectivity index (χ1v) is 8.65. The number of amides is 1. The third-order valence-electron chi connectivity index (χ3n) is 4.75. The number of halogens is 2. The number of anilines is 1. The van der Waals surface area contributed by atoms with Crippen molar-refractivity contribution >= 4 is 36.4 Å². The summed E-state index contributed by atoms with van der Waals surface area (Å²) in [4.78, 5) is 17.1. The molecule has 27 heavy (non-hydrogen) atoms. The van der Waals surface area contributed by atoms with Gasteiger partial charge in [0.25, 0.3) is 0 Å². The van der Waals surface area contributed by atoms with Crippen LogP contribution in [0.4, 0.5) is 5.69 Å². The Hall–Kier alpha value is -1.95. The Labute approximate surface area is 173 Å². The maximum Gasteiger partial charge on any atom is 0.231 e. The predicted octanol–water partition coefficient (Wildman–Crippen LogP) is 2.93. The van der Waals surface area contributed by atoms with Crippen LogP contribution in [-0.4, -0.2) is 50.6 Å². The average Bonchev–Trinajstić information content (AvgIpc) is 2.69. The van der Waals surface area contributed by atoms with Gasteiger partial charge in [-0.05, 0) is 17.7 Å². The first-order chi connectivity index (χ1) is 12.2. The summed E-state index contributed by atoms with van der Waals surface area (Å²) in [6.45, 7) is 3.37. The zero-order valence-corrected chi connectivity index (χ0v) is 17.0. The number of rotatable bonds is 5. The number of piperazine rings is 1. The summed E-state index contributed by atoms with van der Waals surface area (Å²) in [7, 11) is 1.67. The van der Waals surface area contributed by atoms with Gasteiger partial charge in [-0.2, -0.15) is 0 Å². The number of hydrogen-bond acceptors (Lipinski definition) is 4. The molecule has 1 heterocycles. The van der Waals surface area contributed by atoms with Crippen molar-refractivity contribution < 1.29 is 9.53 Å². The van der Waals surface area contributed by atoms with Crippen molar-refractivity contribution in [3.8, 4) is 5.75 Å². The van der Waals surface area contributed by atoms with Gasteiger partial charge >= 0.3 is 0 Å². The molecule has 1 fully saturated rings. The van der Waals surface area contributed by atoms with E-state index in [0.717, 1.165) is 30.1 Å². The van der Waals surface area contributed by atoms with Crippen molar-refractivity contribution in [2.75, 3.05) is 44.7 Å². The number of nitrogens with zero attached hydrogens (tertiary/aromatic N) is 2. The highest BCUT2D eigenvalue weighted by Gasteiger charge is 2.27. The van der Waals surface area contributed by atoms with Gasteiger partial charge in [0.05, 0.1) is 13.0 Å². The molecule has 0 saturated carbocycles. The standard InChI is InChI=1S/C20H25N3O2.2ClH/c1-25-18-9-5-8-17(14-18)22-10-12-23(13-11-22)20(24)19(15-21)16-6-3-2-4-7-16;;/h2-9,14,19H,10-13,15,21H2,1H3;2*1H. The summed E-state index contributed by atoms with van der Waals surface area (Å²) in [6, 6.07) is 17.8. The van der Waals surface area contributed by atoms with Crippen LogP contribution in [-0.2, 0) is 4.79 Å². The molecule has 3 rings (SSSR count). The van der Waals surface area contributed by atoms with E-state index in [1.165, 1.54) is 0 Å². The van der Waals surface area contributed by atoms with E-state index in [0.29, 0.717) is 19.6 Å². The Bertz CT molecular complexity index is 707. The Morgan fingerprint density at radius 2 is 1.70 bits per heavy atom. The minimum Gasteiger partial charge on any atom is -0.497 e. The molecule has 1 unspecified atom stereocenters. The van der Waals surface area contributed by atoms with Crippen LogP contribution in [0.5, 0.6) is 5.75 Å². The van der Waals surface area contributed by atoms with Gasteiger partial charge in [0.1, 0.15) is 5.75 Å². The Kier molecular flexibility index (Phi) is 9.43. The summed E-state index contributed by atoms with van der Waals surface area (Å²) in [5.74, 6) is 0.715. The number of hydrogen-bond donors (Lipinski definition) is 1. The molecule has 148 valence electrons. The van der Waals surface area contributed by atoms with E-state index >= 15 is 0 Å². The lowest BCUT2D eigenvalue weighted by molar-refractivity contribution is -0.132. The fourth-order valence-corrected chi connectivity index (χ4v) is 3.28. The third-order valence-corrected chi connectivity index (χ3v) is 4.75. The SMILES string of the molecule is COc1cccc(N2CCN(C(=O)C(CN)c3ccccc3)CC2)c1.Cl.Cl. The van der Waals surface area contributed by atoms with E-state index < -0.39 is 0 Å². The molecule has 0 aromatic heterocycles. The lowest BCUT2D eigenvalue weighted by Crippen LogP contribution is -2.50. The van der Waals surface area contributed by atoms with E-state index in [1.54, 1.807) is 7.11 Å². The maximum atomic E-state index is 12.9. The van der Waals surface area contributed by atoms with Crippen molar-refractivity contribution in [2.45, 2.75) is 5.92 Å². The zero-order chi connectivity index (χ0) is 17.6. The number of carbonyl (C=O) groups is 1. The molecule has 0 spiro atoms. The van der Waals surface area contributed by atoms with E-state index in [9.17, 15) is 4.79 Å². The summed E-state index contributed by atoms with van der Waals surface area (Å²) < 4.78 is 5.29. The van der Waals surface area contributed by atoms with Crippen molar-refractivity contribution in [1.29, 1.82) is 0 Å². The Balaban J connectivity index is 0.00000182. The van der Waals surface area contributed by atoms with E-state index in [1.807, 2.05) is 53.4 Å². The molecule has 0 radical (unpaired) electrons. The van der Waals surface area contributed by atoms with E-state index in [4.69, 9.17) is 10.5 Å².